The predicted octanol–water partition coefficient (Wildman–Crippen LogP) is 1.04. The molecule has 0 amide bonds. The number of hydrogen-bond acceptors (Lipinski definition) is 4. The topological polar surface area (TPSA) is 60.9 Å². The van der Waals surface area contributed by atoms with Crippen molar-refractivity contribution < 1.29 is 13.5 Å². The van der Waals surface area contributed by atoms with Crippen molar-refractivity contribution in [3.8, 4) is 0 Å². The Bertz CT molecular complexity index is 597. The average molecular weight is 310 g/mol. The van der Waals surface area contributed by atoms with Crippen LogP contribution in [0.1, 0.15) is 24.8 Å². The molecule has 2 aliphatic rings. The molecule has 1 aromatic carbocycles. The van der Waals surface area contributed by atoms with E-state index >= 15 is 0 Å². The molecule has 6 heteroatoms. The first kappa shape index (κ1) is 15.0. The lowest BCUT2D eigenvalue weighted by Crippen LogP contribution is -2.37. The first-order chi connectivity index (χ1) is 10.1. The molecule has 0 saturated carbocycles. The molecule has 21 heavy (non-hydrogen) atoms. The highest BCUT2D eigenvalue weighted by Gasteiger charge is 2.36. The highest BCUT2D eigenvalue weighted by atomic mass is 32.2. The number of aliphatic hydroxyl groups excluding tert-OH is 1. The van der Waals surface area contributed by atoms with Crippen molar-refractivity contribution in [2.45, 2.75) is 36.8 Å². The molecule has 116 valence electrons. The largest absolute Gasteiger partial charge is 0.392 e. The third kappa shape index (κ3) is 2.85. The van der Waals surface area contributed by atoms with Gasteiger partial charge in [0.1, 0.15) is 0 Å². The zero-order chi connectivity index (χ0) is 14.9. The monoisotopic (exact) mass is 310 g/mol. The van der Waals surface area contributed by atoms with E-state index in [4.69, 9.17) is 0 Å². The summed E-state index contributed by atoms with van der Waals surface area (Å²) in [6.45, 7) is 3.07. The van der Waals surface area contributed by atoms with Gasteiger partial charge in [0, 0.05) is 19.1 Å². The smallest absolute Gasteiger partial charge is 0.243 e. The third-order valence-corrected chi connectivity index (χ3v) is 6.51. The summed E-state index contributed by atoms with van der Waals surface area (Å²) in [6.07, 6.45) is 3.34. The van der Waals surface area contributed by atoms with Crippen LogP contribution in [0.4, 0.5) is 0 Å². The quantitative estimate of drug-likeness (QED) is 0.902. The van der Waals surface area contributed by atoms with Crippen LogP contribution in [0.3, 0.4) is 0 Å². The summed E-state index contributed by atoms with van der Waals surface area (Å²) >= 11 is 0. The van der Waals surface area contributed by atoms with Gasteiger partial charge in [0.05, 0.1) is 11.5 Å². The van der Waals surface area contributed by atoms with Gasteiger partial charge in [0.15, 0.2) is 0 Å². The Morgan fingerprint density at radius 3 is 2.57 bits per heavy atom. The summed E-state index contributed by atoms with van der Waals surface area (Å²) in [5, 5.41) is 9.36. The number of nitrogens with zero attached hydrogens (tertiary/aromatic N) is 2. The molecule has 1 aromatic rings. The molecule has 0 spiro atoms. The molecule has 0 bridgehead atoms. The molecule has 1 atom stereocenters. The van der Waals surface area contributed by atoms with Crippen LogP contribution in [0.25, 0.3) is 0 Å². The van der Waals surface area contributed by atoms with Crippen molar-refractivity contribution in [3.63, 3.8) is 0 Å². The molecule has 0 aromatic heterocycles. The molecule has 0 aliphatic carbocycles. The lowest BCUT2D eigenvalue weighted by atomic mass is 10.2. The first-order valence-corrected chi connectivity index (χ1v) is 9.00. The molecule has 2 saturated heterocycles. The van der Waals surface area contributed by atoms with Crippen molar-refractivity contribution in [2.75, 3.05) is 26.2 Å². The highest BCUT2D eigenvalue weighted by molar-refractivity contribution is 7.89. The summed E-state index contributed by atoms with van der Waals surface area (Å²) < 4.78 is 27.1. The Morgan fingerprint density at radius 1 is 1.14 bits per heavy atom. The van der Waals surface area contributed by atoms with Crippen LogP contribution in [-0.4, -0.2) is 55.0 Å². The highest BCUT2D eigenvalue weighted by Crippen LogP contribution is 2.27. The predicted molar refractivity (Wildman–Crippen MR) is 80.3 cm³/mol. The molecule has 3 rings (SSSR count). The number of sulfonamides is 1. The Balaban J connectivity index is 1.79. The number of benzene rings is 1. The van der Waals surface area contributed by atoms with Gasteiger partial charge in [-0.1, -0.05) is 18.2 Å². The second-order valence-corrected chi connectivity index (χ2v) is 7.72. The van der Waals surface area contributed by atoms with E-state index in [2.05, 4.69) is 4.90 Å². The van der Waals surface area contributed by atoms with Gasteiger partial charge in [-0.3, -0.25) is 4.90 Å². The summed E-state index contributed by atoms with van der Waals surface area (Å²) in [6, 6.07) is 7.07. The number of likely N-dealkylation sites (tertiary alicyclic amines) is 1. The fourth-order valence-corrected chi connectivity index (χ4v) is 5.07. The van der Waals surface area contributed by atoms with Crippen molar-refractivity contribution in [3.05, 3.63) is 29.8 Å². The molecule has 0 radical (unpaired) electrons. The maximum atomic E-state index is 12.8. The number of hydrogen-bond donors (Lipinski definition) is 1. The minimum Gasteiger partial charge on any atom is -0.392 e. The Labute approximate surface area is 126 Å². The molecular weight excluding hydrogens is 288 g/mol. The van der Waals surface area contributed by atoms with Crippen molar-refractivity contribution >= 4 is 10.0 Å². The lowest BCUT2D eigenvalue weighted by Gasteiger charge is -2.24. The second-order valence-electron chi connectivity index (χ2n) is 5.81. The molecule has 2 heterocycles. The van der Waals surface area contributed by atoms with Crippen molar-refractivity contribution in [1.82, 2.24) is 9.21 Å². The van der Waals surface area contributed by atoms with Gasteiger partial charge in [-0.2, -0.15) is 4.31 Å². The molecule has 2 fully saturated rings. The standard InChI is InChI=1S/C15H22N2O3S/c18-12-13-5-1-2-6-15(13)21(19,20)17-10-7-14(11-17)16-8-3-4-9-16/h1-2,5-6,14,18H,3-4,7-12H2. The van der Waals surface area contributed by atoms with Crippen LogP contribution in [0, 0.1) is 0 Å². The molecule has 2 aliphatic heterocycles. The molecule has 5 nitrogen and oxygen atoms in total. The fraction of sp³-hybridized carbons (Fsp3) is 0.600. The number of aliphatic hydroxyl groups is 1. The van der Waals surface area contributed by atoms with Gasteiger partial charge in [-0.25, -0.2) is 8.42 Å². The van der Waals surface area contributed by atoms with E-state index < -0.39 is 10.0 Å². The van der Waals surface area contributed by atoms with Crippen molar-refractivity contribution in [1.29, 1.82) is 0 Å². The van der Waals surface area contributed by atoms with Crippen LogP contribution in [0.15, 0.2) is 29.2 Å². The van der Waals surface area contributed by atoms with E-state index in [1.54, 1.807) is 28.6 Å². The Hall–Kier alpha value is -0.950. The molecule has 1 N–H and O–H groups in total. The lowest BCUT2D eigenvalue weighted by molar-refractivity contribution is 0.251. The first-order valence-electron chi connectivity index (χ1n) is 7.56. The van der Waals surface area contributed by atoms with Crippen LogP contribution in [0.2, 0.25) is 0 Å². The van der Waals surface area contributed by atoms with Gasteiger partial charge in [-0.05, 0) is 44.0 Å². The van der Waals surface area contributed by atoms with Gasteiger partial charge >= 0.3 is 0 Å². The normalized spacial score (nSPS) is 24.7. The molecular formula is C15H22N2O3S. The van der Waals surface area contributed by atoms with Gasteiger partial charge in [0.25, 0.3) is 0 Å². The second kappa shape index (κ2) is 6.04. The van der Waals surface area contributed by atoms with E-state index in [0.29, 0.717) is 24.7 Å². The summed E-state index contributed by atoms with van der Waals surface area (Å²) in [7, 11) is -3.50. The van der Waals surface area contributed by atoms with E-state index in [9.17, 15) is 13.5 Å². The van der Waals surface area contributed by atoms with E-state index in [0.717, 1.165) is 19.5 Å². The molecule has 1 unspecified atom stereocenters. The maximum absolute atomic E-state index is 12.8. The van der Waals surface area contributed by atoms with Crippen LogP contribution >= 0.6 is 0 Å². The van der Waals surface area contributed by atoms with Crippen LogP contribution in [0.5, 0.6) is 0 Å². The zero-order valence-electron chi connectivity index (χ0n) is 12.1. The average Bonchev–Trinajstić information content (AvgIpc) is 3.17. The minimum atomic E-state index is -3.50. The summed E-state index contributed by atoms with van der Waals surface area (Å²) in [4.78, 5) is 2.66. The van der Waals surface area contributed by atoms with E-state index in [-0.39, 0.29) is 11.5 Å². The van der Waals surface area contributed by atoms with Gasteiger partial charge < -0.3 is 5.11 Å². The third-order valence-electron chi connectivity index (χ3n) is 4.54. The zero-order valence-corrected chi connectivity index (χ0v) is 12.9. The Kier molecular flexibility index (Phi) is 4.31. The van der Waals surface area contributed by atoms with Crippen LogP contribution < -0.4 is 0 Å². The van der Waals surface area contributed by atoms with Gasteiger partial charge in [-0.15, -0.1) is 0 Å². The van der Waals surface area contributed by atoms with Gasteiger partial charge in [0.2, 0.25) is 10.0 Å². The minimum absolute atomic E-state index is 0.245. The number of rotatable bonds is 4. The van der Waals surface area contributed by atoms with E-state index in [1.807, 2.05) is 0 Å². The maximum Gasteiger partial charge on any atom is 0.243 e. The SMILES string of the molecule is O=S(=O)(c1ccccc1CO)N1CCC(N2CCCC2)C1. The Morgan fingerprint density at radius 2 is 1.86 bits per heavy atom. The van der Waals surface area contributed by atoms with E-state index in [1.165, 1.54) is 12.8 Å². The summed E-state index contributed by atoms with van der Waals surface area (Å²) in [5.74, 6) is 0. The fourth-order valence-electron chi connectivity index (χ4n) is 3.36. The van der Waals surface area contributed by atoms with Crippen LogP contribution in [-0.2, 0) is 16.6 Å². The van der Waals surface area contributed by atoms with Crippen molar-refractivity contribution in [2.24, 2.45) is 0 Å². The summed E-state index contributed by atoms with van der Waals surface area (Å²) in [5.41, 5.74) is 0.474.